The highest BCUT2D eigenvalue weighted by atomic mass is 32.2. The van der Waals surface area contributed by atoms with Crippen molar-refractivity contribution in [2.45, 2.75) is 11.8 Å². The third-order valence-electron chi connectivity index (χ3n) is 3.37. The third kappa shape index (κ3) is 4.79. The number of benzene rings is 2. The van der Waals surface area contributed by atoms with E-state index in [0.717, 1.165) is 0 Å². The molecule has 0 bridgehead atoms. The van der Waals surface area contributed by atoms with Crippen molar-refractivity contribution in [3.8, 4) is 11.8 Å². The molecule has 0 heterocycles. The van der Waals surface area contributed by atoms with Gasteiger partial charge in [-0.25, -0.2) is 13.1 Å². The second-order valence-corrected chi connectivity index (χ2v) is 6.93. The van der Waals surface area contributed by atoms with E-state index >= 15 is 0 Å². The van der Waals surface area contributed by atoms with Crippen molar-refractivity contribution in [2.75, 3.05) is 19.0 Å². The fraction of sp³-hybridized carbons (Fsp3) is 0.176. The summed E-state index contributed by atoms with van der Waals surface area (Å²) in [6.45, 7) is 1.22. The number of ether oxygens (including phenoxy) is 1. The van der Waals surface area contributed by atoms with Crippen molar-refractivity contribution in [1.29, 1.82) is 5.26 Å². The standard InChI is InChI=1S/C17H17N3O4S/c1-12-8-15(24-2)6-7-16(12)25(22,23)19-11-17(21)20-14-5-3-4-13(9-14)10-18/h3-9,19H,11H2,1-2H3,(H,20,21). The van der Waals surface area contributed by atoms with Crippen LogP contribution >= 0.6 is 0 Å². The Hall–Kier alpha value is -2.89. The van der Waals surface area contributed by atoms with Gasteiger partial charge >= 0.3 is 0 Å². The van der Waals surface area contributed by atoms with Gasteiger partial charge in [-0.1, -0.05) is 6.07 Å². The number of methoxy groups -OCH3 is 1. The summed E-state index contributed by atoms with van der Waals surface area (Å²) in [4.78, 5) is 12.0. The molecule has 0 unspecified atom stereocenters. The predicted octanol–water partition coefficient (Wildman–Crippen LogP) is 1.79. The van der Waals surface area contributed by atoms with E-state index < -0.39 is 22.5 Å². The summed E-state index contributed by atoms with van der Waals surface area (Å²) in [5, 5.41) is 11.4. The Bertz CT molecular complexity index is 933. The molecule has 0 aliphatic carbocycles. The van der Waals surface area contributed by atoms with E-state index in [2.05, 4.69) is 10.0 Å². The fourth-order valence-corrected chi connectivity index (χ4v) is 3.37. The topological polar surface area (TPSA) is 108 Å². The van der Waals surface area contributed by atoms with Crippen LogP contribution in [0.5, 0.6) is 5.75 Å². The number of nitrogens with one attached hydrogen (secondary N) is 2. The summed E-state index contributed by atoms with van der Waals surface area (Å²) >= 11 is 0. The zero-order valence-electron chi connectivity index (χ0n) is 13.7. The van der Waals surface area contributed by atoms with Crippen LogP contribution in [0.3, 0.4) is 0 Å². The molecule has 8 heteroatoms. The Morgan fingerprint density at radius 2 is 2.00 bits per heavy atom. The van der Waals surface area contributed by atoms with Gasteiger partial charge < -0.3 is 10.1 Å². The largest absolute Gasteiger partial charge is 0.497 e. The molecule has 0 aliphatic rings. The van der Waals surface area contributed by atoms with Crippen molar-refractivity contribution in [3.05, 3.63) is 53.6 Å². The molecule has 25 heavy (non-hydrogen) atoms. The molecule has 0 radical (unpaired) electrons. The molecule has 0 fully saturated rings. The summed E-state index contributed by atoms with van der Waals surface area (Å²) in [6.07, 6.45) is 0. The lowest BCUT2D eigenvalue weighted by molar-refractivity contribution is -0.115. The normalized spacial score (nSPS) is 10.8. The van der Waals surface area contributed by atoms with Crippen LogP contribution in [0.15, 0.2) is 47.4 Å². The first-order valence-electron chi connectivity index (χ1n) is 7.30. The summed E-state index contributed by atoms with van der Waals surface area (Å²) in [5.41, 5.74) is 1.32. The molecule has 7 nitrogen and oxygen atoms in total. The van der Waals surface area contributed by atoms with Gasteiger partial charge in [0.2, 0.25) is 15.9 Å². The Balaban J connectivity index is 2.04. The number of nitriles is 1. The Labute approximate surface area is 146 Å². The van der Waals surface area contributed by atoms with E-state index in [-0.39, 0.29) is 4.90 Å². The number of hydrogen-bond acceptors (Lipinski definition) is 5. The zero-order chi connectivity index (χ0) is 18.4. The van der Waals surface area contributed by atoms with Crippen LogP contribution in [0.2, 0.25) is 0 Å². The van der Waals surface area contributed by atoms with E-state index in [1.165, 1.54) is 25.3 Å². The van der Waals surface area contributed by atoms with Crippen LogP contribution in [-0.4, -0.2) is 28.0 Å². The molecular formula is C17H17N3O4S. The van der Waals surface area contributed by atoms with Crippen molar-refractivity contribution >= 4 is 21.6 Å². The quantitative estimate of drug-likeness (QED) is 0.817. The molecule has 0 spiro atoms. The lowest BCUT2D eigenvalue weighted by Gasteiger charge is -2.11. The highest BCUT2D eigenvalue weighted by Gasteiger charge is 2.18. The summed E-state index contributed by atoms with van der Waals surface area (Å²) in [5.74, 6) is 0.0106. The summed E-state index contributed by atoms with van der Waals surface area (Å²) < 4.78 is 32.0. The van der Waals surface area contributed by atoms with Gasteiger partial charge in [-0.15, -0.1) is 0 Å². The summed E-state index contributed by atoms with van der Waals surface area (Å²) in [6, 6.07) is 12.9. The number of carbonyl (C=O) groups is 1. The highest BCUT2D eigenvalue weighted by Crippen LogP contribution is 2.20. The maximum absolute atomic E-state index is 12.3. The van der Waals surface area contributed by atoms with Crippen molar-refractivity contribution in [3.63, 3.8) is 0 Å². The molecule has 0 aromatic heterocycles. The van der Waals surface area contributed by atoms with Gasteiger partial charge in [-0.05, 0) is 48.9 Å². The first-order valence-corrected chi connectivity index (χ1v) is 8.78. The van der Waals surface area contributed by atoms with E-state index in [1.807, 2.05) is 6.07 Å². The fourth-order valence-electron chi connectivity index (χ4n) is 2.16. The Kier molecular flexibility index (Phi) is 5.75. The summed E-state index contributed by atoms with van der Waals surface area (Å²) in [7, 11) is -2.34. The molecule has 0 aliphatic heterocycles. The second kappa shape index (κ2) is 7.79. The van der Waals surface area contributed by atoms with E-state index in [4.69, 9.17) is 10.00 Å². The first-order chi connectivity index (χ1) is 11.9. The van der Waals surface area contributed by atoms with Crippen LogP contribution in [0.4, 0.5) is 5.69 Å². The minimum atomic E-state index is -3.83. The third-order valence-corrected chi connectivity index (χ3v) is 4.93. The van der Waals surface area contributed by atoms with Gasteiger partial charge in [0.05, 0.1) is 30.2 Å². The van der Waals surface area contributed by atoms with Crippen molar-refractivity contribution < 1.29 is 17.9 Å². The van der Waals surface area contributed by atoms with Gasteiger partial charge in [0.15, 0.2) is 0 Å². The van der Waals surface area contributed by atoms with Crippen LogP contribution in [0.1, 0.15) is 11.1 Å². The molecular weight excluding hydrogens is 342 g/mol. The van der Waals surface area contributed by atoms with Crippen LogP contribution in [-0.2, 0) is 14.8 Å². The van der Waals surface area contributed by atoms with Gasteiger partial charge in [0.25, 0.3) is 0 Å². The number of nitrogens with zero attached hydrogens (tertiary/aromatic N) is 1. The Morgan fingerprint density at radius 1 is 1.24 bits per heavy atom. The minimum absolute atomic E-state index is 0.0765. The number of anilines is 1. The number of rotatable bonds is 6. The maximum Gasteiger partial charge on any atom is 0.241 e. The van der Waals surface area contributed by atoms with Crippen molar-refractivity contribution in [2.24, 2.45) is 0 Å². The molecule has 0 atom stereocenters. The number of aryl methyl sites for hydroxylation is 1. The molecule has 1 amide bonds. The van der Waals surface area contributed by atoms with Crippen LogP contribution in [0.25, 0.3) is 0 Å². The highest BCUT2D eigenvalue weighted by molar-refractivity contribution is 7.89. The molecule has 2 rings (SSSR count). The van der Waals surface area contributed by atoms with E-state index in [9.17, 15) is 13.2 Å². The number of sulfonamides is 1. The lowest BCUT2D eigenvalue weighted by atomic mass is 10.2. The van der Waals surface area contributed by atoms with Gasteiger partial charge in [0.1, 0.15) is 5.75 Å². The maximum atomic E-state index is 12.3. The smallest absolute Gasteiger partial charge is 0.241 e. The molecule has 2 N–H and O–H groups in total. The molecule has 2 aromatic carbocycles. The van der Waals surface area contributed by atoms with Gasteiger partial charge in [-0.3, -0.25) is 4.79 Å². The molecule has 0 saturated heterocycles. The molecule has 0 saturated carbocycles. The number of carbonyl (C=O) groups excluding carboxylic acids is 1. The Morgan fingerprint density at radius 3 is 2.64 bits per heavy atom. The lowest BCUT2D eigenvalue weighted by Crippen LogP contribution is -2.33. The van der Waals surface area contributed by atoms with E-state index in [0.29, 0.717) is 22.6 Å². The number of amides is 1. The SMILES string of the molecule is COc1ccc(S(=O)(=O)NCC(=O)Nc2cccc(C#N)c2)c(C)c1. The van der Waals surface area contributed by atoms with Crippen LogP contribution in [0, 0.1) is 18.3 Å². The number of hydrogen-bond donors (Lipinski definition) is 2. The first kappa shape index (κ1) is 18.4. The average molecular weight is 359 g/mol. The predicted molar refractivity (Wildman–Crippen MR) is 92.7 cm³/mol. The van der Waals surface area contributed by atoms with Crippen molar-refractivity contribution in [1.82, 2.24) is 4.72 Å². The molecule has 130 valence electrons. The van der Waals surface area contributed by atoms with Gasteiger partial charge in [-0.2, -0.15) is 5.26 Å². The van der Waals surface area contributed by atoms with E-state index in [1.54, 1.807) is 31.2 Å². The average Bonchev–Trinajstić information content (AvgIpc) is 2.60. The van der Waals surface area contributed by atoms with Crippen LogP contribution < -0.4 is 14.8 Å². The monoisotopic (exact) mass is 359 g/mol. The minimum Gasteiger partial charge on any atom is -0.497 e. The van der Waals surface area contributed by atoms with Gasteiger partial charge in [0, 0.05) is 5.69 Å². The molecule has 2 aromatic rings. The second-order valence-electron chi connectivity index (χ2n) is 5.20. The zero-order valence-corrected chi connectivity index (χ0v) is 14.6.